The minimum atomic E-state index is -0.250. The number of hydrogen-bond donors (Lipinski definition) is 1. The summed E-state index contributed by atoms with van der Waals surface area (Å²) in [6.45, 7) is 0.478. The lowest BCUT2D eigenvalue weighted by Gasteiger charge is -2.11. The highest BCUT2D eigenvalue weighted by atomic mass is 35.5. The van der Waals surface area contributed by atoms with Gasteiger partial charge in [-0.1, -0.05) is 41.9 Å². The Hall–Kier alpha value is -2.98. The molecule has 1 amide bonds. The largest absolute Gasteiger partial charge is 0.495 e. The fourth-order valence-electron chi connectivity index (χ4n) is 2.42. The molecule has 4 nitrogen and oxygen atoms in total. The van der Waals surface area contributed by atoms with E-state index in [-0.39, 0.29) is 5.91 Å². The van der Waals surface area contributed by atoms with E-state index >= 15 is 0 Å². The van der Waals surface area contributed by atoms with Crippen molar-refractivity contribution in [3.8, 4) is 11.5 Å². The number of halogens is 1. The highest BCUT2D eigenvalue weighted by Crippen LogP contribution is 2.28. The molecule has 1 N–H and O–H groups in total. The summed E-state index contributed by atoms with van der Waals surface area (Å²) < 4.78 is 11.0. The third-order valence-corrected chi connectivity index (χ3v) is 4.01. The van der Waals surface area contributed by atoms with Crippen LogP contribution >= 0.6 is 11.6 Å². The third kappa shape index (κ3) is 4.55. The normalized spacial score (nSPS) is 10.2. The summed E-state index contributed by atoms with van der Waals surface area (Å²) in [5, 5.41) is 3.33. The maximum Gasteiger partial charge on any atom is 0.255 e. The maximum atomic E-state index is 12.4. The molecule has 0 aromatic heterocycles. The van der Waals surface area contributed by atoms with Gasteiger partial charge in [0.25, 0.3) is 5.91 Å². The second-order valence-electron chi connectivity index (χ2n) is 5.60. The van der Waals surface area contributed by atoms with Gasteiger partial charge >= 0.3 is 0 Å². The molecule has 0 heterocycles. The monoisotopic (exact) mass is 367 g/mol. The zero-order valence-corrected chi connectivity index (χ0v) is 15.0. The fourth-order valence-corrected chi connectivity index (χ4v) is 2.59. The molecule has 0 spiro atoms. The van der Waals surface area contributed by atoms with E-state index in [0.717, 1.165) is 5.56 Å². The van der Waals surface area contributed by atoms with Crippen molar-refractivity contribution < 1.29 is 14.3 Å². The Morgan fingerprint density at radius 1 is 1.00 bits per heavy atom. The highest BCUT2D eigenvalue weighted by molar-refractivity contribution is 6.31. The lowest BCUT2D eigenvalue weighted by atomic mass is 10.2. The Morgan fingerprint density at radius 3 is 2.42 bits per heavy atom. The van der Waals surface area contributed by atoms with Gasteiger partial charge in [-0.2, -0.15) is 0 Å². The summed E-state index contributed by atoms with van der Waals surface area (Å²) in [5.41, 5.74) is 2.12. The van der Waals surface area contributed by atoms with Crippen molar-refractivity contribution in [1.82, 2.24) is 0 Å². The molecule has 5 heteroatoms. The molecule has 0 bridgehead atoms. The van der Waals surface area contributed by atoms with E-state index in [0.29, 0.717) is 34.4 Å². The Balaban J connectivity index is 1.64. The molecular weight excluding hydrogens is 350 g/mol. The van der Waals surface area contributed by atoms with Gasteiger partial charge in [-0.15, -0.1) is 0 Å². The van der Waals surface area contributed by atoms with Crippen molar-refractivity contribution in [3.63, 3.8) is 0 Å². The minimum absolute atomic E-state index is 0.250. The van der Waals surface area contributed by atoms with Crippen LogP contribution in [0.15, 0.2) is 72.8 Å². The summed E-state index contributed by atoms with van der Waals surface area (Å²) in [7, 11) is 1.54. The SMILES string of the molecule is COc1ccc(Cl)cc1NC(=O)c1ccc(OCc2ccccc2)cc1. The standard InChI is InChI=1S/C21H18ClNO3/c1-25-20-12-9-17(22)13-19(20)23-21(24)16-7-10-18(11-8-16)26-14-15-5-3-2-4-6-15/h2-13H,14H2,1H3,(H,23,24). The fraction of sp³-hybridized carbons (Fsp3) is 0.0952. The molecule has 0 saturated heterocycles. The quantitative estimate of drug-likeness (QED) is 0.653. The van der Waals surface area contributed by atoms with E-state index in [4.69, 9.17) is 21.1 Å². The summed E-state index contributed by atoms with van der Waals surface area (Å²) in [4.78, 5) is 12.4. The van der Waals surface area contributed by atoms with Crippen molar-refractivity contribution >= 4 is 23.2 Å². The van der Waals surface area contributed by atoms with Crippen LogP contribution in [-0.2, 0) is 6.61 Å². The van der Waals surface area contributed by atoms with E-state index in [1.54, 1.807) is 42.5 Å². The topological polar surface area (TPSA) is 47.6 Å². The van der Waals surface area contributed by atoms with Crippen molar-refractivity contribution in [2.24, 2.45) is 0 Å². The predicted octanol–water partition coefficient (Wildman–Crippen LogP) is 5.18. The molecule has 0 unspecified atom stereocenters. The molecule has 3 aromatic rings. The summed E-state index contributed by atoms with van der Waals surface area (Å²) in [5.74, 6) is 0.997. The molecular formula is C21H18ClNO3. The molecule has 3 aromatic carbocycles. The zero-order chi connectivity index (χ0) is 18.4. The van der Waals surface area contributed by atoms with Gasteiger partial charge in [0, 0.05) is 10.6 Å². The van der Waals surface area contributed by atoms with Gasteiger partial charge in [0.1, 0.15) is 18.1 Å². The average Bonchev–Trinajstić information content (AvgIpc) is 2.68. The third-order valence-electron chi connectivity index (χ3n) is 3.77. The average molecular weight is 368 g/mol. The van der Waals surface area contributed by atoms with Crippen molar-refractivity contribution in [2.75, 3.05) is 12.4 Å². The Kier molecular flexibility index (Phi) is 5.77. The van der Waals surface area contributed by atoms with E-state index in [1.165, 1.54) is 7.11 Å². The first-order valence-corrected chi connectivity index (χ1v) is 8.45. The predicted molar refractivity (Wildman–Crippen MR) is 103 cm³/mol. The first kappa shape index (κ1) is 17.8. The van der Waals surface area contributed by atoms with Crippen LogP contribution in [0.5, 0.6) is 11.5 Å². The van der Waals surface area contributed by atoms with E-state index < -0.39 is 0 Å². The summed E-state index contributed by atoms with van der Waals surface area (Å²) in [6, 6.07) is 21.9. The minimum Gasteiger partial charge on any atom is -0.495 e. The van der Waals surface area contributed by atoms with Crippen LogP contribution in [0.25, 0.3) is 0 Å². The smallest absolute Gasteiger partial charge is 0.255 e. The van der Waals surface area contributed by atoms with E-state index in [9.17, 15) is 4.79 Å². The van der Waals surface area contributed by atoms with Gasteiger partial charge in [-0.05, 0) is 48.0 Å². The molecule has 26 heavy (non-hydrogen) atoms. The second kappa shape index (κ2) is 8.41. The van der Waals surface area contributed by atoms with E-state index in [1.807, 2.05) is 30.3 Å². The first-order valence-electron chi connectivity index (χ1n) is 8.07. The Bertz CT molecular complexity index is 880. The molecule has 0 fully saturated rings. The van der Waals surface area contributed by atoms with Crippen LogP contribution in [0.1, 0.15) is 15.9 Å². The molecule has 0 aliphatic heterocycles. The number of methoxy groups -OCH3 is 1. The number of carbonyl (C=O) groups is 1. The zero-order valence-electron chi connectivity index (χ0n) is 14.2. The van der Waals surface area contributed by atoms with Gasteiger partial charge < -0.3 is 14.8 Å². The lowest BCUT2D eigenvalue weighted by Crippen LogP contribution is -2.12. The Morgan fingerprint density at radius 2 is 1.73 bits per heavy atom. The first-order chi connectivity index (χ1) is 12.7. The molecule has 132 valence electrons. The molecule has 3 rings (SSSR count). The maximum absolute atomic E-state index is 12.4. The number of carbonyl (C=O) groups excluding carboxylic acids is 1. The molecule has 0 saturated carbocycles. The van der Waals surface area contributed by atoms with Crippen LogP contribution in [0.4, 0.5) is 5.69 Å². The van der Waals surface area contributed by atoms with Crippen molar-refractivity contribution in [2.45, 2.75) is 6.61 Å². The second-order valence-corrected chi connectivity index (χ2v) is 6.03. The number of benzene rings is 3. The number of hydrogen-bond acceptors (Lipinski definition) is 3. The van der Waals surface area contributed by atoms with Gasteiger partial charge in [-0.25, -0.2) is 0 Å². The highest BCUT2D eigenvalue weighted by Gasteiger charge is 2.10. The number of nitrogens with one attached hydrogen (secondary N) is 1. The van der Waals surface area contributed by atoms with Crippen molar-refractivity contribution in [1.29, 1.82) is 0 Å². The van der Waals surface area contributed by atoms with Crippen LogP contribution < -0.4 is 14.8 Å². The van der Waals surface area contributed by atoms with Crippen LogP contribution in [-0.4, -0.2) is 13.0 Å². The molecule has 0 radical (unpaired) electrons. The van der Waals surface area contributed by atoms with E-state index in [2.05, 4.69) is 5.32 Å². The summed E-state index contributed by atoms with van der Waals surface area (Å²) >= 11 is 5.99. The Labute approximate surface area is 157 Å². The van der Waals surface area contributed by atoms with Gasteiger partial charge in [0.15, 0.2) is 0 Å². The van der Waals surface area contributed by atoms with Gasteiger partial charge in [0.2, 0.25) is 0 Å². The molecule has 0 atom stereocenters. The lowest BCUT2D eigenvalue weighted by molar-refractivity contribution is 0.102. The summed E-state index contributed by atoms with van der Waals surface area (Å²) in [6.07, 6.45) is 0. The number of ether oxygens (including phenoxy) is 2. The van der Waals surface area contributed by atoms with Crippen LogP contribution in [0.2, 0.25) is 5.02 Å². The van der Waals surface area contributed by atoms with Crippen LogP contribution in [0.3, 0.4) is 0 Å². The van der Waals surface area contributed by atoms with Gasteiger partial charge in [-0.3, -0.25) is 4.79 Å². The van der Waals surface area contributed by atoms with Crippen molar-refractivity contribution in [3.05, 3.63) is 88.9 Å². The molecule has 0 aliphatic rings. The number of anilines is 1. The number of amides is 1. The number of rotatable bonds is 6. The van der Waals surface area contributed by atoms with Gasteiger partial charge in [0.05, 0.1) is 12.8 Å². The molecule has 0 aliphatic carbocycles. The van der Waals surface area contributed by atoms with Crippen LogP contribution in [0, 0.1) is 0 Å².